The number of fused-ring (bicyclic) bond motifs is 1. The van der Waals surface area contributed by atoms with Crippen molar-refractivity contribution >= 4 is 28.5 Å². The predicted octanol–water partition coefficient (Wildman–Crippen LogP) is 2.60. The summed E-state index contributed by atoms with van der Waals surface area (Å²) in [6, 6.07) is 14.5. The van der Waals surface area contributed by atoms with Crippen LogP contribution in [0.4, 0.5) is 5.69 Å². The van der Waals surface area contributed by atoms with E-state index in [1.165, 1.54) is 0 Å². The number of ether oxygens (including phenoxy) is 1. The van der Waals surface area contributed by atoms with E-state index in [4.69, 9.17) is 4.74 Å². The number of anilines is 1. The van der Waals surface area contributed by atoms with E-state index in [9.17, 15) is 14.4 Å². The van der Waals surface area contributed by atoms with Crippen molar-refractivity contribution in [2.24, 2.45) is 0 Å². The molecule has 0 aliphatic heterocycles. The second-order valence-corrected chi connectivity index (χ2v) is 6.25. The van der Waals surface area contributed by atoms with Crippen molar-refractivity contribution < 1.29 is 14.3 Å². The number of nitrogens with zero attached hydrogens (tertiary/aromatic N) is 1. The second kappa shape index (κ2) is 8.94. The lowest BCUT2D eigenvalue weighted by Crippen LogP contribution is -2.22. The number of hydrogen-bond acceptors (Lipinski definition) is 5. The van der Waals surface area contributed by atoms with Crippen molar-refractivity contribution in [2.45, 2.75) is 26.2 Å². The van der Waals surface area contributed by atoms with Crippen LogP contribution in [0.2, 0.25) is 0 Å². The van der Waals surface area contributed by atoms with Gasteiger partial charge in [-0.1, -0.05) is 37.3 Å². The van der Waals surface area contributed by atoms with E-state index >= 15 is 0 Å². The fourth-order valence-electron chi connectivity index (χ4n) is 2.83. The van der Waals surface area contributed by atoms with Gasteiger partial charge < -0.3 is 15.0 Å². The van der Waals surface area contributed by atoms with Crippen LogP contribution in [0.5, 0.6) is 0 Å². The third-order valence-corrected chi connectivity index (χ3v) is 4.26. The van der Waals surface area contributed by atoms with E-state index in [1.807, 2.05) is 25.1 Å². The molecule has 0 aliphatic carbocycles. The first-order valence-corrected chi connectivity index (χ1v) is 9.08. The van der Waals surface area contributed by atoms with E-state index in [0.717, 1.165) is 12.0 Å². The van der Waals surface area contributed by atoms with Crippen molar-refractivity contribution in [3.8, 4) is 0 Å². The number of hydrogen-bond donors (Lipinski definition) is 2. The number of esters is 1. The van der Waals surface area contributed by atoms with E-state index in [-0.39, 0.29) is 25.0 Å². The molecule has 0 aliphatic rings. The minimum absolute atomic E-state index is 0.0140. The molecule has 7 heteroatoms. The molecule has 0 radical (unpaired) electrons. The molecule has 0 fully saturated rings. The number of nitrogens with one attached hydrogen (secondary N) is 2. The molecule has 1 heterocycles. The Morgan fingerprint density at radius 1 is 1.11 bits per heavy atom. The Hall–Kier alpha value is -3.48. The van der Waals surface area contributed by atoms with Gasteiger partial charge in [0.15, 0.2) is 6.61 Å². The third-order valence-electron chi connectivity index (χ3n) is 4.26. The highest BCUT2D eigenvalue weighted by Crippen LogP contribution is 2.15. The van der Waals surface area contributed by atoms with Crippen LogP contribution in [-0.4, -0.2) is 28.5 Å². The number of aromatic amines is 1. The molecule has 0 saturated carbocycles. The summed E-state index contributed by atoms with van der Waals surface area (Å²) >= 11 is 0. The highest BCUT2D eigenvalue weighted by Gasteiger charge is 2.11. The normalized spacial score (nSPS) is 10.6. The van der Waals surface area contributed by atoms with E-state index in [2.05, 4.69) is 15.3 Å². The number of benzene rings is 2. The summed E-state index contributed by atoms with van der Waals surface area (Å²) in [6.45, 7) is 1.63. The van der Waals surface area contributed by atoms with Crippen LogP contribution in [0.25, 0.3) is 10.9 Å². The molecule has 0 bridgehead atoms. The molecular formula is C21H21N3O4. The molecule has 0 unspecified atom stereocenters. The lowest BCUT2D eigenvalue weighted by atomic mass is 10.1. The Morgan fingerprint density at radius 3 is 2.68 bits per heavy atom. The number of H-pyrrole nitrogens is 1. The summed E-state index contributed by atoms with van der Waals surface area (Å²) in [4.78, 5) is 42.9. The summed E-state index contributed by atoms with van der Waals surface area (Å²) in [5.74, 6) is -0.525. The number of rotatable bonds is 7. The molecule has 0 atom stereocenters. The van der Waals surface area contributed by atoms with Gasteiger partial charge >= 0.3 is 5.97 Å². The van der Waals surface area contributed by atoms with Crippen LogP contribution in [0.15, 0.2) is 53.3 Å². The number of carbonyl (C=O) groups excluding carboxylic acids is 2. The number of amides is 1. The van der Waals surface area contributed by atoms with Gasteiger partial charge in [-0.25, -0.2) is 4.98 Å². The molecule has 0 saturated heterocycles. The topological polar surface area (TPSA) is 101 Å². The van der Waals surface area contributed by atoms with Gasteiger partial charge in [0.2, 0.25) is 0 Å². The molecule has 2 N–H and O–H groups in total. The van der Waals surface area contributed by atoms with Gasteiger partial charge in [0, 0.05) is 12.1 Å². The van der Waals surface area contributed by atoms with Gasteiger partial charge in [-0.05, 0) is 30.2 Å². The summed E-state index contributed by atoms with van der Waals surface area (Å²) in [7, 11) is 0. The third kappa shape index (κ3) is 4.82. The van der Waals surface area contributed by atoms with Crippen LogP contribution >= 0.6 is 0 Å². The van der Waals surface area contributed by atoms with E-state index < -0.39 is 11.9 Å². The van der Waals surface area contributed by atoms with Crippen molar-refractivity contribution in [2.75, 3.05) is 11.9 Å². The fourth-order valence-corrected chi connectivity index (χ4v) is 2.83. The summed E-state index contributed by atoms with van der Waals surface area (Å²) in [5.41, 5.74) is 2.05. The monoisotopic (exact) mass is 379 g/mol. The molecule has 28 heavy (non-hydrogen) atoms. The lowest BCUT2D eigenvalue weighted by molar-refractivity contribution is -0.147. The first kappa shape index (κ1) is 19.3. The Morgan fingerprint density at radius 2 is 1.86 bits per heavy atom. The van der Waals surface area contributed by atoms with Crippen molar-refractivity contribution in [3.05, 3.63) is 70.3 Å². The number of para-hydroxylation sites is 2. The molecule has 3 aromatic rings. The molecular weight excluding hydrogens is 358 g/mol. The van der Waals surface area contributed by atoms with Crippen LogP contribution < -0.4 is 10.9 Å². The van der Waals surface area contributed by atoms with Crippen LogP contribution in [0.3, 0.4) is 0 Å². The maximum atomic E-state index is 12.0. The smallest absolute Gasteiger partial charge is 0.306 e. The molecule has 0 spiro atoms. The van der Waals surface area contributed by atoms with Gasteiger partial charge in [0.25, 0.3) is 11.5 Å². The van der Waals surface area contributed by atoms with Crippen LogP contribution in [0, 0.1) is 0 Å². The molecule has 2 aromatic carbocycles. The Kier molecular flexibility index (Phi) is 6.16. The molecule has 1 aromatic heterocycles. The van der Waals surface area contributed by atoms with Gasteiger partial charge in [0.05, 0.1) is 17.3 Å². The zero-order chi connectivity index (χ0) is 19.9. The van der Waals surface area contributed by atoms with Gasteiger partial charge in [-0.15, -0.1) is 0 Å². The average molecular weight is 379 g/mol. The van der Waals surface area contributed by atoms with Crippen molar-refractivity contribution in [1.82, 2.24) is 9.97 Å². The quantitative estimate of drug-likeness (QED) is 0.615. The zero-order valence-corrected chi connectivity index (χ0v) is 15.5. The first-order valence-electron chi connectivity index (χ1n) is 9.08. The second-order valence-electron chi connectivity index (χ2n) is 6.25. The largest absolute Gasteiger partial charge is 0.456 e. The molecule has 1 amide bonds. The predicted molar refractivity (Wildman–Crippen MR) is 106 cm³/mol. The fraction of sp³-hybridized carbons (Fsp3) is 0.238. The summed E-state index contributed by atoms with van der Waals surface area (Å²) in [5, 5.41) is 3.24. The zero-order valence-electron chi connectivity index (χ0n) is 15.5. The van der Waals surface area contributed by atoms with Gasteiger partial charge in [-0.2, -0.15) is 0 Å². The first-order chi connectivity index (χ1) is 13.6. The maximum Gasteiger partial charge on any atom is 0.306 e. The highest BCUT2D eigenvalue weighted by molar-refractivity contribution is 5.93. The van der Waals surface area contributed by atoms with Gasteiger partial charge in [0.1, 0.15) is 5.82 Å². The Labute approximate surface area is 161 Å². The summed E-state index contributed by atoms with van der Waals surface area (Å²) in [6.07, 6.45) is 1.02. The van der Waals surface area contributed by atoms with Crippen molar-refractivity contribution in [1.29, 1.82) is 0 Å². The molecule has 3 rings (SSSR count). The SMILES string of the molecule is CCc1ccccc1NC(=O)COC(=O)CCc1nc2ccccc2c(=O)[nH]1. The number of carbonyl (C=O) groups is 2. The minimum Gasteiger partial charge on any atom is -0.456 e. The Bertz CT molecular complexity index is 1060. The minimum atomic E-state index is -0.533. The average Bonchev–Trinajstić information content (AvgIpc) is 2.71. The lowest BCUT2D eigenvalue weighted by Gasteiger charge is -2.10. The number of aromatic nitrogens is 2. The highest BCUT2D eigenvalue weighted by atomic mass is 16.5. The van der Waals surface area contributed by atoms with Crippen LogP contribution in [-0.2, 0) is 27.2 Å². The van der Waals surface area contributed by atoms with Crippen LogP contribution in [0.1, 0.15) is 24.7 Å². The van der Waals surface area contributed by atoms with Gasteiger partial charge in [-0.3, -0.25) is 14.4 Å². The standard InChI is InChI=1S/C21H21N3O4/c1-2-14-7-3-5-9-16(14)23-19(25)13-28-20(26)12-11-18-22-17-10-6-4-8-15(17)21(27)24-18/h3-10H,2,11-13H2,1H3,(H,23,25)(H,22,24,27). The molecule has 144 valence electrons. The Balaban J connectivity index is 1.51. The van der Waals surface area contributed by atoms with E-state index in [1.54, 1.807) is 30.3 Å². The number of aryl methyl sites for hydroxylation is 2. The van der Waals surface area contributed by atoms with Crippen molar-refractivity contribution in [3.63, 3.8) is 0 Å². The molecule has 7 nitrogen and oxygen atoms in total. The van der Waals surface area contributed by atoms with E-state index in [0.29, 0.717) is 22.4 Å². The summed E-state index contributed by atoms with van der Waals surface area (Å²) < 4.78 is 5.02. The maximum absolute atomic E-state index is 12.0.